The van der Waals surface area contributed by atoms with E-state index in [0.717, 1.165) is 0 Å². The molecular formula is C6HCl5O2. The average molecular weight is 282 g/mol. The van der Waals surface area contributed by atoms with Gasteiger partial charge >= 0.3 is 0 Å². The van der Waals surface area contributed by atoms with Gasteiger partial charge in [0.15, 0.2) is 0 Å². The number of rotatable bonds is 0. The fraction of sp³-hybridized carbons (Fsp3) is 0.333. The van der Waals surface area contributed by atoms with Crippen molar-refractivity contribution in [1.82, 2.24) is 0 Å². The van der Waals surface area contributed by atoms with E-state index < -0.39 is 10.8 Å². The van der Waals surface area contributed by atoms with E-state index >= 15 is 0 Å². The molecule has 2 atom stereocenters. The lowest BCUT2D eigenvalue weighted by Gasteiger charge is -2.16. The van der Waals surface area contributed by atoms with E-state index in [0.29, 0.717) is 0 Å². The molecule has 1 heterocycles. The number of alkyl halides is 1. The summed E-state index contributed by atoms with van der Waals surface area (Å²) in [6, 6.07) is 0. The molecule has 1 aliphatic heterocycles. The Bertz CT molecular complexity index is 328. The summed E-state index contributed by atoms with van der Waals surface area (Å²) in [6.07, 6.45) is 0. The van der Waals surface area contributed by atoms with Gasteiger partial charge in [0.05, 0.1) is 15.1 Å². The van der Waals surface area contributed by atoms with Crippen molar-refractivity contribution in [2.45, 2.75) is 10.8 Å². The molecule has 1 fully saturated rings. The minimum Gasteiger partial charge on any atom is -0.357 e. The van der Waals surface area contributed by atoms with E-state index in [2.05, 4.69) is 0 Å². The summed E-state index contributed by atoms with van der Waals surface area (Å²) in [5, 5.41) is 7.78. The van der Waals surface area contributed by atoms with E-state index in [4.69, 9.17) is 62.7 Å². The van der Waals surface area contributed by atoms with E-state index in [9.17, 15) is 5.11 Å². The molecule has 1 N–H and O–H groups in total. The second kappa shape index (κ2) is 2.70. The lowest BCUT2D eigenvalue weighted by molar-refractivity contribution is 0.0779. The lowest BCUT2D eigenvalue weighted by atomic mass is 10.1. The fourth-order valence-corrected chi connectivity index (χ4v) is 2.51. The van der Waals surface area contributed by atoms with Crippen molar-refractivity contribution < 1.29 is 9.84 Å². The normalized spacial score (nSPS) is 43.8. The van der Waals surface area contributed by atoms with Gasteiger partial charge in [-0.15, -0.1) is 0 Å². The van der Waals surface area contributed by atoms with Crippen LogP contribution in [-0.4, -0.2) is 16.0 Å². The molecule has 2 rings (SSSR count). The molecular weight excluding hydrogens is 281 g/mol. The second-order valence-corrected chi connectivity index (χ2v) is 4.64. The van der Waals surface area contributed by atoms with Crippen LogP contribution in [0.25, 0.3) is 0 Å². The summed E-state index contributed by atoms with van der Waals surface area (Å²) in [7, 11) is 0. The summed E-state index contributed by atoms with van der Waals surface area (Å²) >= 11 is 28.5. The molecule has 0 aromatic heterocycles. The number of ether oxygens (including phenoxy) is 1. The Morgan fingerprint density at radius 3 is 2.00 bits per heavy atom. The molecule has 72 valence electrons. The zero-order valence-electron chi connectivity index (χ0n) is 5.75. The highest BCUT2D eigenvalue weighted by atomic mass is 35.5. The number of aliphatic hydroxyl groups is 1. The van der Waals surface area contributed by atoms with E-state index in [1.54, 1.807) is 0 Å². The van der Waals surface area contributed by atoms with Crippen LogP contribution >= 0.6 is 58.0 Å². The number of epoxide rings is 1. The van der Waals surface area contributed by atoms with Gasteiger partial charge < -0.3 is 9.84 Å². The van der Waals surface area contributed by atoms with Gasteiger partial charge in [-0.05, 0) is 0 Å². The van der Waals surface area contributed by atoms with Crippen LogP contribution in [-0.2, 0) is 4.74 Å². The quantitative estimate of drug-likeness (QED) is 0.547. The Morgan fingerprint density at radius 2 is 1.46 bits per heavy atom. The van der Waals surface area contributed by atoms with Crippen molar-refractivity contribution in [1.29, 1.82) is 0 Å². The first-order valence-electron chi connectivity index (χ1n) is 3.08. The number of halogens is 5. The molecule has 2 unspecified atom stereocenters. The van der Waals surface area contributed by atoms with Gasteiger partial charge in [0.25, 0.3) is 5.79 Å². The van der Waals surface area contributed by atoms with Crippen LogP contribution in [0.4, 0.5) is 0 Å². The number of allylic oxidation sites excluding steroid dienone is 2. The van der Waals surface area contributed by atoms with Gasteiger partial charge in [0, 0.05) is 0 Å². The Hall–Kier alpha value is 0.850. The highest BCUT2D eigenvalue weighted by Crippen LogP contribution is 2.65. The van der Waals surface area contributed by atoms with Gasteiger partial charge in [-0.2, -0.15) is 0 Å². The average Bonchev–Trinajstić information content (AvgIpc) is 2.66. The van der Waals surface area contributed by atoms with E-state index in [1.807, 2.05) is 0 Å². The van der Waals surface area contributed by atoms with Crippen molar-refractivity contribution in [2.24, 2.45) is 0 Å². The van der Waals surface area contributed by atoms with Crippen LogP contribution in [0.5, 0.6) is 0 Å². The van der Waals surface area contributed by atoms with Crippen LogP contribution in [0.3, 0.4) is 0 Å². The third-order valence-corrected chi connectivity index (χ3v) is 4.41. The van der Waals surface area contributed by atoms with Crippen LogP contribution < -0.4 is 0 Å². The molecule has 1 saturated heterocycles. The number of hydrogen-bond acceptors (Lipinski definition) is 2. The van der Waals surface area contributed by atoms with Crippen LogP contribution in [0.1, 0.15) is 0 Å². The standard InChI is InChI=1S/C6HCl5O2/c7-1-2(8)4(10)6(12)5(11,13-6)3(1)9/h12H. The Morgan fingerprint density at radius 1 is 1.00 bits per heavy atom. The minimum absolute atomic E-state index is 0.00879. The predicted molar refractivity (Wildman–Crippen MR) is 52.1 cm³/mol. The smallest absolute Gasteiger partial charge is 0.257 e. The summed E-state index contributed by atoms with van der Waals surface area (Å²) in [5.74, 6) is -1.83. The van der Waals surface area contributed by atoms with Crippen molar-refractivity contribution >= 4 is 58.0 Å². The van der Waals surface area contributed by atoms with Crippen molar-refractivity contribution in [3.8, 4) is 0 Å². The minimum atomic E-state index is -1.83. The van der Waals surface area contributed by atoms with Crippen molar-refractivity contribution in [2.75, 3.05) is 0 Å². The lowest BCUT2D eigenvalue weighted by Crippen LogP contribution is -2.26. The molecule has 13 heavy (non-hydrogen) atoms. The monoisotopic (exact) mass is 280 g/mol. The first kappa shape index (κ1) is 10.4. The maximum atomic E-state index is 9.63. The van der Waals surface area contributed by atoms with Gasteiger partial charge in [0.2, 0.25) is 5.06 Å². The number of fused-ring (bicyclic) bond motifs is 1. The van der Waals surface area contributed by atoms with Gasteiger partial charge in [-0.1, -0.05) is 58.0 Å². The van der Waals surface area contributed by atoms with Crippen molar-refractivity contribution in [3.63, 3.8) is 0 Å². The summed E-state index contributed by atoms with van der Waals surface area (Å²) < 4.78 is 4.79. The molecule has 0 radical (unpaired) electrons. The molecule has 0 amide bonds. The van der Waals surface area contributed by atoms with Gasteiger partial charge in [-0.3, -0.25) is 0 Å². The predicted octanol–water partition coefficient (Wildman–Crippen LogP) is 3.03. The topological polar surface area (TPSA) is 32.8 Å². The third-order valence-electron chi connectivity index (χ3n) is 1.84. The zero-order chi connectivity index (χ0) is 10.0. The van der Waals surface area contributed by atoms with Crippen LogP contribution in [0, 0.1) is 0 Å². The molecule has 0 aromatic carbocycles. The molecule has 0 aromatic rings. The largest absolute Gasteiger partial charge is 0.357 e. The van der Waals surface area contributed by atoms with Gasteiger partial charge in [0.1, 0.15) is 5.03 Å². The van der Waals surface area contributed by atoms with E-state index in [1.165, 1.54) is 0 Å². The molecule has 1 aliphatic carbocycles. The van der Waals surface area contributed by atoms with E-state index in [-0.39, 0.29) is 20.1 Å². The maximum absolute atomic E-state index is 9.63. The number of hydrogen-bond donors (Lipinski definition) is 1. The second-order valence-electron chi connectivity index (χ2n) is 2.60. The molecule has 7 heteroatoms. The molecule has 2 nitrogen and oxygen atoms in total. The Labute approximate surface area is 98.6 Å². The first-order valence-corrected chi connectivity index (χ1v) is 4.97. The Kier molecular flexibility index (Phi) is 2.15. The van der Waals surface area contributed by atoms with Crippen LogP contribution in [0.15, 0.2) is 20.1 Å². The summed E-state index contributed by atoms with van der Waals surface area (Å²) in [4.78, 5) is 0. The SMILES string of the molecule is OC12OC1(Cl)C(Cl)=C(Cl)C(Cl)=C2Cl. The highest BCUT2D eigenvalue weighted by molar-refractivity contribution is 6.54. The van der Waals surface area contributed by atoms with Crippen LogP contribution in [0.2, 0.25) is 0 Å². The van der Waals surface area contributed by atoms with Crippen molar-refractivity contribution in [3.05, 3.63) is 20.1 Å². The molecule has 2 aliphatic rings. The highest BCUT2D eigenvalue weighted by Gasteiger charge is 2.76. The summed E-state index contributed by atoms with van der Waals surface area (Å²) in [5.41, 5.74) is 0. The summed E-state index contributed by atoms with van der Waals surface area (Å²) in [6.45, 7) is 0. The maximum Gasteiger partial charge on any atom is 0.257 e. The molecule has 0 bridgehead atoms. The third kappa shape index (κ3) is 1.06. The first-order chi connectivity index (χ1) is 5.84. The molecule has 0 spiro atoms. The zero-order valence-corrected chi connectivity index (χ0v) is 9.52. The Balaban J connectivity index is 2.63. The van der Waals surface area contributed by atoms with Gasteiger partial charge in [-0.25, -0.2) is 0 Å². The molecule has 0 saturated carbocycles. The fourth-order valence-electron chi connectivity index (χ4n) is 1.04.